The molecule has 22 heavy (non-hydrogen) atoms. The molecule has 0 bridgehead atoms. The van der Waals surface area contributed by atoms with Gasteiger partial charge in [0.2, 0.25) is 5.91 Å². The molecule has 6 heteroatoms. The maximum atomic E-state index is 12.2. The smallest absolute Gasteiger partial charge is 0.249 e. The molecule has 1 aliphatic carbocycles. The van der Waals surface area contributed by atoms with Crippen LogP contribution in [0.25, 0.3) is 0 Å². The number of aryl methyl sites for hydroxylation is 1. The lowest BCUT2D eigenvalue weighted by Gasteiger charge is -2.34. The van der Waals surface area contributed by atoms with E-state index >= 15 is 0 Å². The van der Waals surface area contributed by atoms with Gasteiger partial charge >= 0.3 is 0 Å². The van der Waals surface area contributed by atoms with E-state index in [0.29, 0.717) is 12.0 Å². The molecule has 3 atom stereocenters. The van der Waals surface area contributed by atoms with Crippen molar-refractivity contribution < 1.29 is 9.53 Å². The minimum atomic E-state index is -0.264. The van der Waals surface area contributed by atoms with Gasteiger partial charge in [-0.25, -0.2) is 0 Å². The van der Waals surface area contributed by atoms with Crippen LogP contribution in [0.1, 0.15) is 31.4 Å². The summed E-state index contributed by atoms with van der Waals surface area (Å²) >= 11 is 0. The Bertz CT molecular complexity index is 558. The average Bonchev–Trinajstić information content (AvgIpc) is 3.23. The third-order valence-electron chi connectivity index (χ3n) is 4.88. The summed E-state index contributed by atoms with van der Waals surface area (Å²) in [6, 6.07) is 4.39. The first-order valence-electron chi connectivity index (χ1n) is 8.20. The summed E-state index contributed by atoms with van der Waals surface area (Å²) in [6.45, 7) is 3.70. The Morgan fingerprint density at radius 1 is 1.32 bits per heavy atom. The highest BCUT2D eigenvalue weighted by molar-refractivity contribution is 5.81. The zero-order valence-electron chi connectivity index (χ0n) is 12.9. The lowest BCUT2D eigenvalue weighted by molar-refractivity contribution is -0.132. The minimum absolute atomic E-state index is 0.0820. The van der Waals surface area contributed by atoms with Crippen LogP contribution in [0.5, 0.6) is 0 Å². The van der Waals surface area contributed by atoms with Gasteiger partial charge < -0.3 is 15.0 Å². The molecule has 3 heterocycles. The van der Waals surface area contributed by atoms with E-state index in [4.69, 9.17) is 4.74 Å². The maximum absolute atomic E-state index is 12.2. The van der Waals surface area contributed by atoms with Crippen molar-refractivity contribution in [2.75, 3.05) is 18.0 Å². The van der Waals surface area contributed by atoms with E-state index in [9.17, 15) is 4.79 Å². The first kappa shape index (κ1) is 13.9. The van der Waals surface area contributed by atoms with Crippen LogP contribution in [0.15, 0.2) is 12.1 Å². The van der Waals surface area contributed by atoms with Crippen LogP contribution < -0.4 is 10.2 Å². The highest BCUT2D eigenvalue weighted by Gasteiger charge is 2.43. The lowest BCUT2D eigenvalue weighted by Crippen LogP contribution is -2.43. The summed E-state index contributed by atoms with van der Waals surface area (Å²) in [5, 5.41) is 11.4. The quantitative estimate of drug-likeness (QED) is 0.904. The Morgan fingerprint density at radius 2 is 2.18 bits per heavy atom. The van der Waals surface area contributed by atoms with Crippen LogP contribution in [0, 0.1) is 12.8 Å². The van der Waals surface area contributed by atoms with Crippen LogP contribution in [0.3, 0.4) is 0 Å². The van der Waals surface area contributed by atoms with Crippen LogP contribution in [-0.2, 0) is 9.53 Å². The summed E-state index contributed by atoms with van der Waals surface area (Å²) in [4.78, 5) is 14.4. The Labute approximate surface area is 130 Å². The Hall–Kier alpha value is -1.69. The molecule has 118 valence electrons. The van der Waals surface area contributed by atoms with Gasteiger partial charge in [-0.1, -0.05) is 0 Å². The topological polar surface area (TPSA) is 67.4 Å². The first-order chi connectivity index (χ1) is 10.7. The van der Waals surface area contributed by atoms with Crippen molar-refractivity contribution in [2.45, 2.75) is 50.9 Å². The molecule has 0 spiro atoms. The number of fused-ring (bicyclic) bond motifs is 1. The maximum Gasteiger partial charge on any atom is 0.249 e. The summed E-state index contributed by atoms with van der Waals surface area (Å²) < 4.78 is 6.03. The molecule has 2 aliphatic heterocycles. The fraction of sp³-hybridized carbons (Fsp3) is 0.688. The number of rotatable bonds is 3. The van der Waals surface area contributed by atoms with E-state index in [0.717, 1.165) is 50.3 Å². The molecule has 0 aromatic carbocycles. The summed E-state index contributed by atoms with van der Waals surface area (Å²) in [5.41, 5.74) is 0.924. The number of hydrogen-bond donors (Lipinski definition) is 1. The fourth-order valence-corrected chi connectivity index (χ4v) is 3.39. The van der Waals surface area contributed by atoms with Gasteiger partial charge in [0.1, 0.15) is 6.10 Å². The van der Waals surface area contributed by atoms with Crippen LogP contribution >= 0.6 is 0 Å². The largest absolute Gasteiger partial charge is 0.363 e. The molecule has 1 aromatic heterocycles. The zero-order chi connectivity index (χ0) is 15.1. The molecule has 4 rings (SSSR count). The standard InChI is InChI=1S/C16H22N4O2/c1-10-2-5-15(19-18-10)20-7-6-11-8-13(22-14(11)9-20)16(21)17-12-3-4-12/h2,5,11-14H,3-4,6-9H2,1H3,(H,17,21)/t11-,13+,14-/m0/s1. The van der Waals surface area contributed by atoms with Crippen molar-refractivity contribution >= 4 is 11.7 Å². The Balaban J connectivity index is 1.38. The number of amides is 1. The van der Waals surface area contributed by atoms with E-state index in [2.05, 4.69) is 20.4 Å². The monoisotopic (exact) mass is 302 g/mol. The van der Waals surface area contributed by atoms with E-state index < -0.39 is 0 Å². The predicted octanol–water partition coefficient (Wildman–Crippen LogP) is 1.05. The van der Waals surface area contributed by atoms with Gasteiger partial charge in [0.25, 0.3) is 0 Å². The van der Waals surface area contributed by atoms with Crippen molar-refractivity contribution in [1.82, 2.24) is 15.5 Å². The van der Waals surface area contributed by atoms with Gasteiger partial charge in [-0.15, -0.1) is 5.10 Å². The van der Waals surface area contributed by atoms with Crippen molar-refractivity contribution in [1.29, 1.82) is 0 Å². The SMILES string of the molecule is Cc1ccc(N2CC[C@H]3C[C@H](C(=O)NC4CC4)O[C@H]3C2)nn1. The molecular weight excluding hydrogens is 280 g/mol. The first-order valence-corrected chi connectivity index (χ1v) is 8.20. The third-order valence-corrected chi connectivity index (χ3v) is 4.88. The van der Waals surface area contributed by atoms with Gasteiger partial charge in [-0.3, -0.25) is 4.79 Å². The second-order valence-electron chi connectivity index (χ2n) is 6.71. The molecular formula is C16H22N4O2. The number of nitrogens with one attached hydrogen (secondary N) is 1. The van der Waals surface area contributed by atoms with Crippen LogP contribution in [0.2, 0.25) is 0 Å². The summed E-state index contributed by atoms with van der Waals surface area (Å²) in [5.74, 6) is 1.47. The van der Waals surface area contributed by atoms with E-state index in [1.807, 2.05) is 19.1 Å². The number of hydrogen-bond acceptors (Lipinski definition) is 5. The van der Waals surface area contributed by atoms with Gasteiger partial charge in [0.15, 0.2) is 5.82 Å². The molecule has 6 nitrogen and oxygen atoms in total. The molecule has 0 unspecified atom stereocenters. The molecule has 1 saturated carbocycles. The van der Waals surface area contributed by atoms with E-state index in [1.54, 1.807) is 0 Å². The third kappa shape index (κ3) is 2.79. The van der Waals surface area contributed by atoms with Gasteiger partial charge in [-0.2, -0.15) is 5.10 Å². The average molecular weight is 302 g/mol. The van der Waals surface area contributed by atoms with Crippen molar-refractivity contribution in [3.05, 3.63) is 17.8 Å². The van der Waals surface area contributed by atoms with Crippen LogP contribution in [-0.4, -0.2) is 47.4 Å². The van der Waals surface area contributed by atoms with Gasteiger partial charge in [-0.05, 0) is 50.7 Å². The minimum Gasteiger partial charge on any atom is -0.363 e. The number of piperidine rings is 1. The highest BCUT2D eigenvalue weighted by Crippen LogP contribution is 2.35. The predicted molar refractivity (Wildman–Crippen MR) is 81.5 cm³/mol. The van der Waals surface area contributed by atoms with Crippen molar-refractivity contribution in [3.8, 4) is 0 Å². The van der Waals surface area contributed by atoms with E-state index in [-0.39, 0.29) is 18.1 Å². The normalized spacial score (nSPS) is 31.0. The Kier molecular flexibility index (Phi) is 3.48. The number of carbonyl (C=O) groups is 1. The fourth-order valence-electron chi connectivity index (χ4n) is 3.39. The van der Waals surface area contributed by atoms with Crippen molar-refractivity contribution in [2.24, 2.45) is 5.92 Å². The van der Waals surface area contributed by atoms with Crippen molar-refractivity contribution in [3.63, 3.8) is 0 Å². The molecule has 0 radical (unpaired) electrons. The number of aromatic nitrogens is 2. The highest BCUT2D eigenvalue weighted by atomic mass is 16.5. The molecule has 3 aliphatic rings. The summed E-state index contributed by atoms with van der Waals surface area (Å²) in [7, 11) is 0. The van der Waals surface area contributed by atoms with E-state index in [1.165, 1.54) is 0 Å². The molecule has 1 aromatic rings. The summed E-state index contributed by atoms with van der Waals surface area (Å²) in [6.07, 6.45) is 4.01. The lowest BCUT2D eigenvalue weighted by atomic mass is 9.91. The molecule has 1 amide bonds. The number of ether oxygens (including phenoxy) is 1. The molecule has 2 saturated heterocycles. The number of carbonyl (C=O) groups excluding carboxylic acids is 1. The molecule has 1 N–H and O–H groups in total. The zero-order valence-corrected chi connectivity index (χ0v) is 12.9. The Morgan fingerprint density at radius 3 is 2.91 bits per heavy atom. The number of anilines is 1. The second kappa shape index (κ2) is 5.50. The molecule has 3 fully saturated rings. The van der Waals surface area contributed by atoms with Gasteiger partial charge in [0, 0.05) is 19.1 Å². The second-order valence-corrected chi connectivity index (χ2v) is 6.71. The van der Waals surface area contributed by atoms with Gasteiger partial charge in [0.05, 0.1) is 11.8 Å². The van der Waals surface area contributed by atoms with Crippen LogP contribution in [0.4, 0.5) is 5.82 Å². The number of nitrogens with zero attached hydrogens (tertiary/aromatic N) is 3.